The number of benzene rings is 2. The first-order valence-corrected chi connectivity index (χ1v) is 9.70. The number of thioether (sulfide) groups is 1. The van der Waals surface area contributed by atoms with Crippen LogP contribution in [-0.4, -0.2) is 28.8 Å². The van der Waals surface area contributed by atoms with Crippen LogP contribution in [0.15, 0.2) is 47.5 Å². The summed E-state index contributed by atoms with van der Waals surface area (Å²) in [4.78, 5) is 28.9. The number of hydrogen-bond donors (Lipinski definition) is 2. The number of amides is 2. The molecule has 0 unspecified atom stereocenters. The zero-order valence-corrected chi connectivity index (χ0v) is 15.8. The van der Waals surface area contributed by atoms with Gasteiger partial charge < -0.3 is 10.6 Å². The molecule has 0 aromatic heterocycles. The monoisotopic (exact) mass is 369 g/mol. The Morgan fingerprint density at radius 3 is 2.81 bits per heavy atom. The van der Waals surface area contributed by atoms with E-state index in [1.807, 2.05) is 42.5 Å². The average molecular weight is 369 g/mol. The van der Waals surface area contributed by atoms with E-state index in [1.165, 1.54) is 11.8 Å². The molecule has 1 aliphatic heterocycles. The molecule has 1 saturated heterocycles. The van der Waals surface area contributed by atoms with E-state index in [9.17, 15) is 9.59 Å². The number of carbonyl (C=O) groups excluding carboxylic acids is 2. The number of aliphatic imine (C=N–C) groups is 1. The predicted octanol–water partition coefficient (Wildman–Crippen LogP) is 3.80. The molecule has 3 rings (SSSR count). The molecule has 2 aromatic rings. The molecule has 26 heavy (non-hydrogen) atoms. The Morgan fingerprint density at radius 2 is 2.00 bits per heavy atom. The van der Waals surface area contributed by atoms with Crippen molar-refractivity contribution in [3.05, 3.63) is 42.5 Å². The molecule has 6 heteroatoms. The fourth-order valence-electron chi connectivity index (χ4n) is 2.74. The highest BCUT2D eigenvalue weighted by atomic mass is 32.2. The summed E-state index contributed by atoms with van der Waals surface area (Å²) >= 11 is 1.34. The second-order valence-corrected chi connectivity index (χ2v) is 7.94. The van der Waals surface area contributed by atoms with E-state index in [4.69, 9.17) is 0 Å². The summed E-state index contributed by atoms with van der Waals surface area (Å²) in [5.41, 5.74) is 0.766. The Labute approximate surface area is 157 Å². The maximum absolute atomic E-state index is 12.4. The van der Waals surface area contributed by atoms with Gasteiger partial charge in [-0.05, 0) is 23.8 Å². The summed E-state index contributed by atoms with van der Waals surface area (Å²) < 4.78 is 0. The van der Waals surface area contributed by atoms with E-state index in [0.717, 1.165) is 22.9 Å². The SMILES string of the molecule is CC(C)CCN=C1NC(=O)[C@H](CC(=O)Nc2cccc3ccccc23)S1. The normalized spacial score (nSPS) is 18.5. The van der Waals surface area contributed by atoms with Gasteiger partial charge in [0.15, 0.2) is 5.17 Å². The second-order valence-electron chi connectivity index (χ2n) is 6.74. The lowest BCUT2D eigenvalue weighted by Crippen LogP contribution is -2.28. The third-order valence-electron chi connectivity index (χ3n) is 4.17. The predicted molar refractivity (Wildman–Crippen MR) is 108 cm³/mol. The molecule has 0 radical (unpaired) electrons. The van der Waals surface area contributed by atoms with Gasteiger partial charge in [0, 0.05) is 24.0 Å². The van der Waals surface area contributed by atoms with E-state index >= 15 is 0 Å². The van der Waals surface area contributed by atoms with Gasteiger partial charge in [0.1, 0.15) is 5.25 Å². The summed E-state index contributed by atoms with van der Waals surface area (Å²) in [5.74, 6) is 0.257. The van der Waals surface area contributed by atoms with Crippen LogP contribution >= 0.6 is 11.8 Å². The van der Waals surface area contributed by atoms with Crippen molar-refractivity contribution < 1.29 is 9.59 Å². The van der Waals surface area contributed by atoms with Gasteiger partial charge in [-0.15, -0.1) is 0 Å². The van der Waals surface area contributed by atoms with E-state index in [2.05, 4.69) is 29.5 Å². The van der Waals surface area contributed by atoms with Crippen LogP contribution in [0.2, 0.25) is 0 Å². The molecule has 136 valence electrons. The molecule has 1 atom stereocenters. The highest BCUT2D eigenvalue weighted by molar-refractivity contribution is 8.15. The summed E-state index contributed by atoms with van der Waals surface area (Å²) in [6, 6.07) is 13.7. The first-order chi connectivity index (χ1) is 12.5. The highest BCUT2D eigenvalue weighted by Gasteiger charge is 2.32. The van der Waals surface area contributed by atoms with Crippen LogP contribution in [0.5, 0.6) is 0 Å². The smallest absolute Gasteiger partial charge is 0.240 e. The Hall–Kier alpha value is -2.34. The molecule has 1 aliphatic rings. The van der Waals surface area contributed by atoms with Crippen molar-refractivity contribution in [1.82, 2.24) is 5.32 Å². The molecule has 1 heterocycles. The first kappa shape index (κ1) is 18.5. The van der Waals surface area contributed by atoms with Crippen molar-refractivity contribution in [2.45, 2.75) is 31.9 Å². The molecule has 0 saturated carbocycles. The van der Waals surface area contributed by atoms with Gasteiger partial charge in [0.25, 0.3) is 0 Å². The molecule has 5 nitrogen and oxygen atoms in total. The maximum atomic E-state index is 12.4. The van der Waals surface area contributed by atoms with Crippen molar-refractivity contribution in [2.75, 3.05) is 11.9 Å². The van der Waals surface area contributed by atoms with Gasteiger partial charge in [0.2, 0.25) is 11.8 Å². The van der Waals surface area contributed by atoms with Crippen LogP contribution in [-0.2, 0) is 9.59 Å². The van der Waals surface area contributed by atoms with E-state index in [0.29, 0.717) is 17.6 Å². The van der Waals surface area contributed by atoms with Crippen LogP contribution in [0.1, 0.15) is 26.7 Å². The molecule has 2 aromatic carbocycles. The number of hydrogen-bond acceptors (Lipinski definition) is 4. The van der Waals surface area contributed by atoms with E-state index < -0.39 is 5.25 Å². The van der Waals surface area contributed by atoms with Crippen molar-refractivity contribution in [1.29, 1.82) is 0 Å². The number of carbonyl (C=O) groups is 2. The minimum Gasteiger partial charge on any atom is -0.325 e. The Kier molecular flexibility index (Phi) is 5.93. The Morgan fingerprint density at radius 1 is 1.23 bits per heavy atom. The third-order valence-corrected chi connectivity index (χ3v) is 5.29. The van der Waals surface area contributed by atoms with Crippen LogP contribution < -0.4 is 10.6 Å². The molecule has 0 spiro atoms. The number of anilines is 1. The van der Waals surface area contributed by atoms with Crippen LogP contribution in [0.25, 0.3) is 10.8 Å². The van der Waals surface area contributed by atoms with Gasteiger partial charge in [0.05, 0.1) is 0 Å². The largest absolute Gasteiger partial charge is 0.325 e. The Balaban J connectivity index is 1.60. The summed E-state index contributed by atoms with van der Waals surface area (Å²) in [5, 5.41) is 7.96. The molecule has 0 aliphatic carbocycles. The second kappa shape index (κ2) is 8.36. The van der Waals surface area contributed by atoms with Gasteiger partial charge in [-0.25, -0.2) is 0 Å². The highest BCUT2D eigenvalue weighted by Crippen LogP contribution is 2.26. The topological polar surface area (TPSA) is 70.6 Å². The fourth-order valence-corrected chi connectivity index (χ4v) is 3.74. The number of fused-ring (bicyclic) bond motifs is 1. The zero-order valence-electron chi connectivity index (χ0n) is 15.0. The number of nitrogens with zero attached hydrogens (tertiary/aromatic N) is 1. The number of amidine groups is 1. The van der Waals surface area contributed by atoms with Crippen LogP contribution in [0, 0.1) is 5.92 Å². The van der Waals surface area contributed by atoms with E-state index in [1.54, 1.807) is 0 Å². The van der Waals surface area contributed by atoms with Crippen molar-refractivity contribution in [3.63, 3.8) is 0 Å². The van der Waals surface area contributed by atoms with Gasteiger partial charge >= 0.3 is 0 Å². The van der Waals surface area contributed by atoms with Crippen molar-refractivity contribution in [2.24, 2.45) is 10.9 Å². The number of rotatable bonds is 6. The standard InChI is InChI=1S/C20H23N3O2S/c1-13(2)10-11-21-20-23-19(25)17(26-20)12-18(24)22-16-9-5-7-14-6-3-4-8-15(14)16/h3-9,13,17H,10-12H2,1-2H3,(H,22,24)(H,21,23,25)/t17-/m0/s1. The fraction of sp³-hybridized carbons (Fsp3) is 0.350. The van der Waals surface area contributed by atoms with Gasteiger partial charge in [-0.2, -0.15) is 0 Å². The molecular formula is C20H23N3O2S. The molecule has 2 amide bonds. The summed E-state index contributed by atoms with van der Waals surface area (Å²) in [7, 11) is 0. The van der Waals surface area contributed by atoms with Crippen molar-refractivity contribution >= 4 is 45.2 Å². The minimum absolute atomic E-state index is 0.128. The van der Waals surface area contributed by atoms with Gasteiger partial charge in [-0.1, -0.05) is 62.0 Å². The molecule has 2 N–H and O–H groups in total. The molecule has 0 bridgehead atoms. The van der Waals surface area contributed by atoms with E-state index in [-0.39, 0.29) is 18.2 Å². The van der Waals surface area contributed by atoms with Crippen LogP contribution in [0.4, 0.5) is 5.69 Å². The quantitative estimate of drug-likeness (QED) is 0.813. The number of nitrogens with one attached hydrogen (secondary N) is 2. The summed E-state index contributed by atoms with van der Waals surface area (Å²) in [6.45, 7) is 4.97. The molecular weight excluding hydrogens is 346 g/mol. The minimum atomic E-state index is -0.428. The lowest BCUT2D eigenvalue weighted by molar-refractivity contribution is -0.122. The van der Waals surface area contributed by atoms with Crippen molar-refractivity contribution in [3.8, 4) is 0 Å². The molecule has 1 fully saturated rings. The summed E-state index contributed by atoms with van der Waals surface area (Å²) in [6.07, 6.45) is 1.11. The first-order valence-electron chi connectivity index (χ1n) is 8.82. The average Bonchev–Trinajstić information content (AvgIpc) is 2.94. The van der Waals surface area contributed by atoms with Crippen LogP contribution in [0.3, 0.4) is 0 Å². The maximum Gasteiger partial charge on any atom is 0.240 e. The van der Waals surface area contributed by atoms with Gasteiger partial charge in [-0.3, -0.25) is 14.6 Å². The third kappa shape index (κ3) is 4.64. The zero-order chi connectivity index (χ0) is 18.5. The lowest BCUT2D eigenvalue weighted by atomic mass is 10.1. The Bertz CT molecular complexity index is 843. The lowest BCUT2D eigenvalue weighted by Gasteiger charge is -2.10.